The smallest absolute Gasteiger partial charge is 0.320 e. The first kappa shape index (κ1) is 9.82. The van der Waals surface area contributed by atoms with E-state index < -0.39 is 12.0 Å². The maximum absolute atomic E-state index is 11.2. The van der Waals surface area contributed by atoms with Crippen molar-refractivity contribution in [2.45, 2.75) is 12.5 Å². The zero-order valence-corrected chi connectivity index (χ0v) is 7.45. The summed E-state index contributed by atoms with van der Waals surface area (Å²) >= 11 is 1.18. The molecule has 0 aliphatic heterocycles. The predicted octanol–water partition coefficient (Wildman–Crippen LogP) is 0.128. The number of aliphatic carboxylic acids is 1. The zero-order valence-electron chi connectivity index (χ0n) is 6.64. The maximum Gasteiger partial charge on any atom is 0.320 e. The summed E-state index contributed by atoms with van der Waals surface area (Å²) < 4.78 is 0. The van der Waals surface area contributed by atoms with E-state index in [1.54, 1.807) is 5.38 Å². The van der Waals surface area contributed by atoms with Gasteiger partial charge in [-0.1, -0.05) is 0 Å². The minimum absolute atomic E-state index is 0.206. The molecule has 1 heterocycles. The van der Waals surface area contributed by atoms with Gasteiger partial charge in [-0.05, 0) is 0 Å². The van der Waals surface area contributed by atoms with Gasteiger partial charge in [0.1, 0.15) is 6.04 Å². The van der Waals surface area contributed by atoms with E-state index in [0.717, 1.165) is 0 Å². The fraction of sp³-hybridized carbons (Fsp3) is 0.286. The lowest BCUT2D eigenvalue weighted by Gasteiger charge is -2.02. The second-order valence-electron chi connectivity index (χ2n) is 2.41. The van der Waals surface area contributed by atoms with Gasteiger partial charge in [0.2, 0.25) is 0 Å². The van der Waals surface area contributed by atoms with E-state index in [1.807, 2.05) is 0 Å². The van der Waals surface area contributed by atoms with Gasteiger partial charge in [-0.15, -0.1) is 11.3 Å². The van der Waals surface area contributed by atoms with E-state index in [4.69, 9.17) is 10.8 Å². The zero-order chi connectivity index (χ0) is 9.84. The molecule has 0 bridgehead atoms. The van der Waals surface area contributed by atoms with Crippen LogP contribution in [0.1, 0.15) is 16.2 Å². The van der Waals surface area contributed by atoms with E-state index in [1.165, 1.54) is 17.5 Å². The standard InChI is InChI=1S/C7H8N2O3S/c8-4(7(11)12)3-5(10)6-9-1-2-13-6/h1-2,4H,3,8H2,(H,11,12). The molecule has 0 saturated heterocycles. The second-order valence-corrected chi connectivity index (χ2v) is 3.30. The van der Waals surface area contributed by atoms with Crippen LogP contribution in [0.4, 0.5) is 0 Å². The van der Waals surface area contributed by atoms with E-state index >= 15 is 0 Å². The molecular weight excluding hydrogens is 192 g/mol. The third-order valence-corrected chi connectivity index (χ3v) is 2.21. The van der Waals surface area contributed by atoms with E-state index in [2.05, 4.69) is 4.98 Å². The molecule has 13 heavy (non-hydrogen) atoms. The van der Waals surface area contributed by atoms with Crippen molar-refractivity contribution >= 4 is 23.1 Å². The number of aromatic nitrogens is 1. The molecule has 0 saturated carbocycles. The van der Waals surface area contributed by atoms with Crippen LogP contribution >= 0.6 is 11.3 Å². The van der Waals surface area contributed by atoms with E-state index in [0.29, 0.717) is 5.01 Å². The Bertz CT molecular complexity index is 310. The molecule has 1 unspecified atom stereocenters. The van der Waals surface area contributed by atoms with Crippen LogP contribution in [-0.4, -0.2) is 27.9 Å². The molecule has 1 aromatic rings. The molecule has 0 amide bonds. The summed E-state index contributed by atoms with van der Waals surface area (Å²) in [4.78, 5) is 25.3. The number of ketones is 1. The second kappa shape index (κ2) is 4.11. The van der Waals surface area contributed by atoms with Crippen molar-refractivity contribution in [3.63, 3.8) is 0 Å². The third-order valence-electron chi connectivity index (χ3n) is 1.39. The third kappa shape index (κ3) is 2.60. The summed E-state index contributed by atoms with van der Waals surface area (Å²) in [6.45, 7) is 0. The highest BCUT2D eigenvalue weighted by Crippen LogP contribution is 2.08. The number of Topliss-reactive ketones (excluding diaryl/α,β-unsaturated/α-hetero) is 1. The van der Waals surface area contributed by atoms with Crippen LogP contribution in [0.3, 0.4) is 0 Å². The SMILES string of the molecule is NC(CC(=O)c1nccs1)C(=O)O. The lowest BCUT2D eigenvalue weighted by atomic mass is 10.1. The Hall–Kier alpha value is -1.27. The Labute approximate surface area is 78.2 Å². The number of nitrogens with two attached hydrogens (primary N) is 1. The summed E-state index contributed by atoms with van der Waals surface area (Å²) in [6.07, 6.45) is 1.28. The van der Waals surface area contributed by atoms with Crippen LogP contribution < -0.4 is 5.73 Å². The van der Waals surface area contributed by atoms with E-state index in [9.17, 15) is 9.59 Å². The Morgan fingerprint density at radius 1 is 1.69 bits per heavy atom. The van der Waals surface area contributed by atoms with E-state index in [-0.39, 0.29) is 12.2 Å². The van der Waals surface area contributed by atoms with Crippen LogP contribution in [0.5, 0.6) is 0 Å². The van der Waals surface area contributed by atoms with Gasteiger partial charge in [-0.25, -0.2) is 4.98 Å². The van der Waals surface area contributed by atoms with Crippen LogP contribution in [0.2, 0.25) is 0 Å². The Morgan fingerprint density at radius 3 is 2.85 bits per heavy atom. The molecule has 5 nitrogen and oxygen atoms in total. The van der Waals surface area contributed by atoms with Crippen LogP contribution in [-0.2, 0) is 4.79 Å². The highest BCUT2D eigenvalue weighted by Gasteiger charge is 2.18. The Kier molecular flexibility index (Phi) is 3.10. The summed E-state index contributed by atoms with van der Waals surface area (Å²) in [5.41, 5.74) is 5.18. The van der Waals surface area contributed by atoms with Crippen molar-refractivity contribution in [1.82, 2.24) is 4.98 Å². The van der Waals surface area contributed by atoms with Crippen molar-refractivity contribution in [1.29, 1.82) is 0 Å². The molecule has 0 aliphatic rings. The lowest BCUT2D eigenvalue weighted by Crippen LogP contribution is -2.32. The summed E-state index contributed by atoms with van der Waals surface area (Å²) in [6, 6.07) is -1.14. The molecule has 70 valence electrons. The van der Waals surface area contributed by atoms with Crippen molar-refractivity contribution in [2.24, 2.45) is 5.73 Å². The largest absolute Gasteiger partial charge is 0.480 e. The molecule has 0 spiro atoms. The minimum Gasteiger partial charge on any atom is -0.480 e. The average molecular weight is 200 g/mol. The first-order valence-corrected chi connectivity index (χ1v) is 4.40. The van der Waals surface area contributed by atoms with Crippen LogP contribution in [0.25, 0.3) is 0 Å². The fourth-order valence-corrected chi connectivity index (χ4v) is 1.32. The molecule has 0 fully saturated rings. The first-order valence-electron chi connectivity index (χ1n) is 3.52. The van der Waals surface area contributed by atoms with Crippen molar-refractivity contribution in [3.8, 4) is 0 Å². The predicted molar refractivity (Wildman–Crippen MR) is 46.7 cm³/mol. The monoisotopic (exact) mass is 200 g/mol. The van der Waals surface area contributed by atoms with Gasteiger partial charge in [-0.2, -0.15) is 0 Å². The molecule has 1 atom stereocenters. The van der Waals surface area contributed by atoms with Crippen molar-refractivity contribution in [2.75, 3.05) is 0 Å². The van der Waals surface area contributed by atoms with Gasteiger partial charge >= 0.3 is 5.97 Å². The van der Waals surface area contributed by atoms with Crippen LogP contribution in [0, 0.1) is 0 Å². The Balaban J connectivity index is 2.56. The van der Waals surface area contributed by atoms with Gasteiger partial charge in [0.25, 0.3) is 0 Å². The first-order chi connectivity index (χ1) is 6.11. The maximum atomic E-state index is 11.2. The van der Waals surface area contributed by atoms with Crippen molar-refractivity contribution in [3.05, 3.63) is 16.6 Å². The number of hydrogen-bond acceptors (Lipinski definition) is 5. The fourth-order valence-electron chi connectivity index (χ4n) is 0.736. The summed E-state index contributed by atoms with van der Waals surface area (Å²) in [5.74, 6) is -1.50. The summed E-state index contributed by atoms with van der Waals surface area (Å²) in [7, 11) is 0. The number of carboxylic acids is 1. The molecule has 0 aromatic carbocycles. The van der Waals surface area contributed by atoms with Crippen molar-refractivity contribution < 1.29 is 14.7 Å². The number of carbonyl (C=O) groups is 2. The molecule has 3 N–H and O–H groups in total. The van der Waals surface area contributed by atoms with Gasteiger partial charge < -0.3 is 10.8 Å². The molecule has 0 aliphatic carbocycles. The number of hydrogen-bond donors (Lipinski definition) is 2. The number of rotatable bonds is 4. The quantitative estimate of drug-likeness (QED) is 0.674. The number of nitrogens with zero attached hydrogens (tertiary/aromatic N) is 1. The highest BCUT2D eigenvalue weighted by atomic mass is 32.1. The average Bonchev–Trinajstić information content (AvgIpc) is 2.55. The summed E-state index contributed by atoms with van der Waals surface area (Å²) in [5, 5.41) is 10.4. The molecular formula is C7H8N2O3S. The van der Waals surface area contributed by atoms with Gasteiger partial charge in [0, 0.05) is 18.0 Å². The topological polar surface area (TPSA) is 93.3 Å². The molecule has 1 aromatic heterocycles. The minimum atomic E-state index is -1.18. The van der Waals surface area contributed by atoms with Gasteiger partial charge in [0.15, 0.2) is 10.8 Å². The Morgan fingerprint density at radius 2 is 2.38 bits per heavy atom. The van der Waals surface area contributed by atoms with Crippen LogP contribution in [0.15, 0.2) is 11.6 Å². The normalized spacial score (nSPS) is 12.4. The number of carboxylic acid groups (broad SMARTS) is 1. The molecule has 0 radical (unpaired) electrons. The molecule has 1 rings (SSSR count). The van der Waals surface area contributed by atoms with Gasteiger partial charge in [0.05, 0.1) is 0 Å². The molecule has 6 heteroatoms. The number of carbonyl (C=O) groups excluding carboxylic acids is 1. The number of thiazole rings is 1. The lowest BCUT2D eigenvalue weighted by molar-refractivity contribution is -0.138. The highest BCUT2D eigenvalue weighted by molar-refractivity contribution is 7.11. The van der Waals surface area contributed by atoms with Gasteiger partial charge in [-0.3, -0.25) is 9.59 Å².